The smallest absolute Gasteiger partial charge is 0.327 e. The molecule has 0 aromatic heterocycles. The normalized spacial score (nSPS) is 43.8. The fourth-order valence-electron chi connectivity index (χ4n) is 1.21. The fraction of sp³-hybridized carbons (Fsp3) is 0.750. The van der Waals surface area contributed by atoms with Gasteiger partial charge >= 0.3 is 51.4 Å². The molecule has 0 N–H and O–H groups in total. The van der Waals surface area contributed by atoms with Crippen LogP contribution in [0, 0.1) is 24.7 Å². The summed E-state index contributed by atoms with van der Waals surface area (Å²) in [4.78, 5) is 0. The third-order valence-electron chi connectivity index (χ3n) is 1.92. The molecule has 9 heavy (non-hydrogen) atoms. The molecular formula is C8H14K. The minimum absolute atomic E-state index is 0. The van der Waals surface area contributed by atoms with Crippen molar-refractivity contribution in [1.29, 1.82) is 0 Å². The van der Waals surface area contributed by atoms with Crippen LogP contribution in [0.5, 0.6) is 0 Å². The van der Waals surface area contributed by atoms with E-state index in [1.54, 1.807) is 0 Å². The SMILES string of the molecule is [2H]C1[CH-][CH]C(CC)C1C.[K+]. The molecule has 0 bridgehead atoms. The van der Waals surface area contributed by atoms with E-state index in [0.717, 1.165) is 0 Å². The van der Waals surface area contributed by atoms with Crippen LogP contribution >= 0.6 is 0 Å². The average Bonchev–Trinajstić information content (AvgIpc) is 2.15. The predicted octanol–water partition coefficient (Wildman–Crippen LogP) is -0.535. The van der Waals surface area contributed by atoms with Crippen LogP contribution in [0.25, 0.3) is 0 Å². The summed E-state index contributed by atoms with van der Waals surface area (Å²) in [6, 6.07) is 0. The van der Waals surface area contributed by atoms with Gasteiger partial charge in [-0.3, -0.25) is 0 Å². The molecule has 3 unspecified atom stereocenters. The van der Waals surface area contributed by atoms with Crippen LogP contribution in [0.1, 0.15) is 28.0 Å². The third kappa shape index (κ3) is 3.02. The molecule has 1 saturated carbocycles. The van der Waals surface area contributed by atoms with Crippen molar-refractivity contribution in [3.8, 4) is 0 Å². The Morgan fingerprint density at radius 2 is 2.56 bits per heavy atom. The van der Waals surface area contributed by atoms with E-state index in [-0.39, 0.29) is 57.8 Å². The summed E-state index contributed by atoms with van der Waals surface area (Å²) in [6.07, 6.45) is 5.45. The van der Waals surface area contributed by atoms with Crippen LogP contribution in [0.3, 0.4) is 0 Å². The second-order valence-corrected chi connectivity index (χ2v) is 2.51. The minimum Gasteiger partial charge on any atom is -0.327 e. The van der Waals surface area contributed by atoms with E-state index < -0.39 is 0 Å². The predicted molar refractivity (Wildman–Crippen MR) is 36.2 cm³/mol. The summed E-state index contributed by atoms with van der Waals surface area (Å²) in [7, 11) is 0. The van der Waals surface area contributed by atoms with Crippen molar-refractivity contribution in [3.05, 3.63) is 12.8 Å². The Morgan fingerprint density at radius 3 is 2.78 bits per heavy atom. The molecule has 1 aliphatic rings. The largest absolute Gasteiger partial charge is 1.00 e. The van der Waals surface area contributed by atoms with Crippen molar-refractivity contribution in [2.75, 3.05) is 0 Å². The number of hydrogen-bond donors (Lipinski definition) is 0. The van der Waals surface area contributed by atoms with Gasteiger partial charge in [-0.1, -0.05) is 32.1 Å². The summed E-state index contributed by atoms with van der Waals surface area (Å²) < 4.78 is 7.48. The molecule has 47 valence electrons. The Kier molecular flexibility index (Phi) is 5.15. The first-order valence-electron chi connectivity index (χ1n) is 3.94. The van der Waals surface area contributed by atoms with Crippen molar-refractivity contribution >= 4 is 0 Å². The van der Waals surface area contributed by atoms with E-state index in [0.29, 0.717) is 11.8 Å². The van der Waals surface area contributed by atoms with Crippen molar-refractivity contribution in [2.24, 2.45) is 11.8 Å². The van der Waals surface area contributed by atoms with Crippen molar-refractivity contribution in [3.63, 3.8) is 0 Å². The average molecular weight is 150 g/mol. The molecule has 0 nitrogen and oxygen atoms in total. The van der Waals surface area contributed by atoms with E-state index in [1.807, 2.05) is 6.42 Å². The molecule has 0 aliphatic heterocycles. The van der Waals surface area contributed by atoms with Crippen molar-refractivity contribution in [2.45, 2.75) is 26.7 Å². The Labute approximate surface area is 103 Å². The standard InChI is InChI=1S/C8H14.K/c1-3-8-6-4-5-7(8)2;/h4,6-8H,3,5H2,1-2H3;/q-1;+1/i5D;. The van der Waals surface area contributed by atoms with Gasteiger partial charge in [-0.15, -0.1) is 0 Å². The van der Waals surface area contributed by atoms with Gasteiger partial charge in [0, 0.05) is 0 Å². The maximum absolute atomic E-state index is 7.48. The summed E-state index contributed by atoms with van der Waals surface area (Å²) in [5.74, 6) is 1.22. The molecule has 3 atom stereocenters. The molecule has 0 saturated heterocycles. The van der Waals surface area contributed by atoms with Gasteiger partial charge in [-0.2, -0.15) is 12.8 Å². The molecular weight excluding hydrogens is 135 g/mol. The number of rotatable bonds is 1. The molecule has 0 heterocycles. The molecule has 1 heteroatoms. The molecule has 0 aromatic rings. The Balaban J connectivity index is 0.000000810. The van der Waals surface area contributed by atoms with Crippen molar-refractivity contribution in [1.82, 2.24) is 0 Å². The molecule has 1 radical (unpaired) electrons. The van der Waals surface area contributed by atoms with Gasteiger partial charge in [0.05, 0.1) is 0 Å². The Morgan fingerprint density at radius 1 is 1.89 bits per heavy atom. The summed E-state index contributed by atoms with van der Waals surface area (Å²) in [5, 5.41) is 0. The molecule has 1 rings (SSSR count). The Bertz CT molecular complexity index is 95.3. The van der Waals surface area contributed by atoms with E-state index in [9.17, 15) is 0 Å². The topological polar surface area (TPSA) is 0 Å². The first-order valence-corrected chi connectivity index (χ1v) is 3.36. The Hall–Kier alpha value is 1.64. The number of hydrogen-bond acceptors (Lipinski definition) is 0. The summed E-state index contributed by atoms with van der Waals surface area (Å²) in [6.45, 7) is 4.34. The quantitative estimate of drug-likeness (QED) is 0.348. The molecule has 1 aliphatic carbocycles. The minimum atomic E-state index is 0. The van der Waals surface area contributed by atoms with Gasteiger partial charge < -0.3 is 6.42 Å². The van der Waals surface area contributed by atoms with Gasteiger partial charge in [0.2, 0.25) is 0 Å². The molecule has 0 amide bonds. The second kappa shape index (κ2) is 5.31. The first kappa shape index (κ1) is 8.73. The van der Waals surface area contributed by atoms with E-state index in [4.69, 9.17) is 1.37 Å². The first-order chi connectivity index (χ1) is 4.25. The third-order valence-corrected chi connectivity index (χ3v) is 1.92. The molecule has 0 spiro atoms. The van der Waals surface area contributed by atoms with E-state index >= 15 is 0 Å². The zero-order valence-electron chi connectivity index (χ0n) is 7.59. The van der Waals surface area contributed by atoms with Crippen molar-refractivity contribution < 1.29 is 52.8 Å². The van der Waals surface area contributed by atoms with Crippen LogP contribution in [-0.4, -0.2) is 0 Å². The van der Waals surface area contributed by atoms with Gasteiger partial charge in [0.1, 0.15) is 0 Å². The van der Waals surface area contributed by atoms with Crippen LogP contribution in [0.4, 0.5) is 0 Å². The van der Waals surface area contributed by atoms with E-state index in [1.165, 1.54) is 6.42 Å². The zero-order valence-corrected chi connectivity index (χ0v) is 9.72. The fourth-order valence-corrected chi connectivity index (χ4v) is 1.21. The van der Waals surface area contributed by atoms with Gasteiger partial charge in [0.15, 0.2) is 0 Å². The van der Waals surface area contributed by atoms with Crippen LogP contribution < -0.4 is 51.4 Å². The summed E-state index contributed by atoms with van der Waals surface area (Å²) >= 11 is 0. The van der Waals surface area contributed by atoms with E-state index in [2.05, 4.69) is 20.3 Å². The van der Waals surface area contributed by atoms with Gasteiger partial charge in [-0.25, -0.2) is 0 Å². The molecule has 1 fully saturated rings. The maximum atomic E-state index is 7.48. The maximum Gasteiger partial charge on any atom is 1.00 e. The van der Waals surface area contributed by atoms with Gasteiger partial charge in [-0.05, 0) is 1.37 Å². The monoisotopic (exact) mass is 150 g/mol. The molecule has 0 aromatic carbocycles. The van der Waals surface area contributed by atoms with Gasteiger partial charge in [0.25, 0.3) is 0 Å². The van der Waals surface area contributed by atoms with Crippen LogP contribution in [0.2, 0.25) is 0 Å². The van der Waals surface area contributed by atoms with Crippen LogP contribution in [0.15, 0.2) is 0 Å². The summed E-state index contributed by atoms with van der Waals surface area (Å²) in [5.41, 5.74) is 0. The second-order valence-electron chi connectivity index (χ2n) is 2.51. The zero-order chi connectivity index (χ0) is 6.85. The van der Waals surface area contributed by atoms with Crippen LogP contribution in [-0.2, 0) is 0 Å².